The number of hydrogen-bond donors (Lipinski definition) is 0. The fourth-order valence-corrected chi connectivity index (χ4v) is 0.400. The molecule has 0 fully saturated rings. The number of rotatable bonds is 3. The Hall–Kier alpha value is 0.517. The van der Waals surface area contributed by atoms with Crippen molar-refractivity contribution in [1.82, 2.24) is 9.80 Å². The monoisotopic (exact) mass is 124 g/mol. The van der Waals surface area contributed by atoms with Crippen molar-refractivity contribution >= 4 is 18.9 Å². The first-order chi connectivity index (χ1) is 3.63. The average Bonchev–Trinajstić information content (AvgIpc) is 1.61. The van der Waals surface area contributed by atoms with Gasteiger partial charge in [-0.2, -0.15) is 0 Å². The van der Waals surface area contributed by atoms with Gasteiger partial charge < -0.3 is 9.80 Å². The molecule has 0 saturated heterocycles. The van der Waals surface area contributed by atoms with Crippen molar-refractivity contribution in [1.29, 1.82) is 0 Å². The summed E-state index contributed by atoms with van der Waals surface area (Å²) < 4.78 is 0. The minimum absolute atomic E-state index is 0. The molecular weight excluding hydrogens is 107 g/mol. The Morgan fingerprint density at radius 2 is 1.00 bits per heavy atom. The normalized spacial score (nSPS) is 10.0. The van der Waals surface area contributed by atoms with E-state index in [9.17, 15) is 0 Å². The van der Waals surface area contributed by atoms with Gasteiger partial charge in [-0.3, -0.25) is 0 Å². The molecule has 2 nitrogen and oxygen atoms in total. The van der Waals surface area contributed by atoms with Gasteiger partial charge in [0, 0.05) is 13.1 Å². The average molecular weight is 124 g/mol. The van der Waals surface area contributed by atoms with E-state index < -0.39 is 0 Å². The Morgan fingerprint density at radius 3 is 1.11 bits per heavy atom. The molecule has 0 heterocycles. The summed E-state index contributed by atoms with van der Waals surface area (Å²) in [6.07, 6.45) is 0. The second-order valence-corrected chi connectivity index (χ2v) is 2.61. The summed E-state index contributed by atoms with van der Waals surface area (Å²) in [6.45, 7) is 2.29. The van der Waals surface area contributed by atoms with Crippen LogP contribution in [-0.2, 0) is 0 Å². The summed E-state index contributed by atoms with van der Waals surface area (Å²) >= 11 is 0. The zero-order chi connectivity index (χ0) is 6.57. The van der Waals surface area contributed by atoms with Gasteiger partial charge in [0.05, 0.1) is 0 Å². The van der Waals surface area contributed by atoms with Gasteiger partial charge in [-0.05, 0) is 28.2 Å². The van der Waals surface area contributed by atoms with Gasteiger partial charge in [0.25, 0.3) is 0 Å². The Balaban J connectivity index is 0. The van der Waals surface area contributed by atoms with Crippen molar-refractivity contribution < 1.29 is 0 Å². The number of likely N-dealkylation sites (N-methyl/N-ethyl adjacent to an activating group) is 2. The predicted octanol–water partition coefficient (Wildman–Crippen LogP) is -0.539. The van der Waals surface area contributed by atoms with Crippen LogP contribution < -0.4 is 0 Å². The van der Waals surface area contributed by atoms with Gasteiger partial charge in [0.1, 0.15) is 0 Å². The molecule has 52 valence electrons. The Morgan fingerprint density at radius 1 is 0.778 bits per heavy atom. The molecule has 0 aromatic heterocycles. The van der Waals surface area contributed by atoms with Crippen molar-refractivity contribution in [3.05, 3.63) is 0 Å². The van der Waals surface area contributed by atoms with E-state index in [0.717, 1.165) is 13.1 Å². The number of hydrogen-bond acceptors (Lipinski definition) is 2. The van der Waals surface area contributed by atoms with Crippen LogP contribution in [0.25, 0.3) is 0 Å². The van der Waals surface area contributed by atoms with Gasteiger partial charge in [-0.15, -0.1) is 0 Å². The molecule has 0 aliphatic carbocycles. The van der Waals surface area contributed by atoms with E-state index in [4.69, 9.17) is 0 Å². The van der Waals surface area contributed by atoms with E-state index in [0.29, 0.717) is 0 Å². The van der Waals surface area contributed by atoms with Crippen molar-refractivity contribution in [2.45, 2.75) is 0 Å². The fourth-order valence-electron chi connectivity index (χ4n) is 0.400. The van der Waals surface area contributed by atoms with E-state index in [1.807, 2.05) is 0 Å². The molecule has 0 bridgehead atoms. The van der Waals surface area contributed by atoms with E-state index in [2.05, 4.69) is 38.0 Å². The summed E-state index contributed by atoms with van der Waals surface area (Å²) in [5.74, 6) is 0. The van der Waals surface area contributed by atoms with Crippen LogP contribution >= 0.6 is 0 Å². The summed E-state index contributed by atoms with van der Waals surface area (Å²) in [5.41, 5.74) is 0. The van der Waals surface area contributed by atoms with Crippen LogP contribution in [0.3, 0.4) is 0 Å². The molecule has 0 amide bonds. The van der Waals surface area contributed by atoms with E-state index >= 15 is 0 Å². The molecule has 0 unspecified atom stereocenters. The first-order valence-corrected chi connectivity index (χ1v) is 2.92. The van der Waals surface area contributed by atoms with E-state index in [1.165, 1.54) is 0 Å². The third-order valence-electron chi connectivity index (χ3n) is 0.994. The van der Waals surface area contributed by atoms with Gasteiger partial charge in [-0.25, -0.2) is 0 Å². The van der Waals surface area contributed by atoms with E-state index in [1.54, 1.807) is 0 Å². The number of nitrogens with zero attached hydrogens (tertiary/aromatic N) is 2. The third-order valence-corrected chi connectivity index (χ3v) is 0.994. The molecule has 3 heteroatoms. The topological polar surface area (TPSA) is 6.48 Å². The summed E-state index contributed by atoms with van der Waals surface area (Å²) in [7, 11) is 8.35. The summed E-state index contributed by atoms with van der Waals surface area (Å²) in [5, 5.41) is 0. The molecular formula is C6H17LiN2. The molecule has 0 radical (unpaired) electrons. The molecule has 0 N–H and O–H groups in total. The van der Waals surface area contributed by atoms with Gasteiger partial charge in [-0.1, -0.05) is 0 Å². The van der Waals surface area contributed by atoms with Crippen LogP contribution in [0, 0.1) is 0 Å². The molecule has 9 heavy (non-hydrogen) atoms. The maximum atomic E-state index is 2.18. The fraction of sp³-hybridized carbons (Fsp3) is 1.00. The third kappa shape index (κ3) is 11.9. The van der Waals surface area contributed by atoms with Crippen LogP contribution in [0.2, 0.25) is 0 Å². The van der Waals surface area contributed by atoms with Crippen molar-refractivity contribution in [3.8, 4) is 0 Å². The minimum atomic E-state index is 0. The molecule has 0 aliphatic heterocycles. The van der Waals surface area contributed by atoms with Crippen molar-refractivity contribution in [2.24, 2.45) is 0 Å². The standard InChI is InChI=1S/C6H16N2.Li.H/c1-7(2)5-6-8(3)4;;/h5-6H2,1-4H3;;. The molecule has 0 aromatic carbocycles. The van der Waals surface area contributed by atoms with E-state index in [-0.39, 0.29) is 18.9 Å². The second kappa shape index (κ2) is 6.63. The zero-order valence-corrected chi connectivity index (χ0v) is 6.31. The van der Waals surface area contributed by atoms with Crippen LogP contribution in [-0.4, -0.2) is 69.9 Å². The van der Waals surface area contributed by atoms with Crippen LogP contribution in [0.4, 0.5) is 0 Å². The summed E-state index contributed by atoms with van der Waals surface area (Å²) in [6, 6.07) is 0. The first-order valence-electron chi connectivity index (χ1n) is 2.92. The van der Waals surface area contributed by atoms with Crippen LogP contribution in [0.15, 0.2) is 0 Å². The molecule has 0 saturated carbocycles. The second-order valence-electron chi connectivity index (χ2n) is 2.61. The Labute approximate surface area is 70.4 Å². The molecule has 0 spiro atoms. The van der Waals surface area contributed by atoms with Crippen molar-refractivity contribution in [2.75, 3.05) is 41.3 Å². The molecule has 0 aromatic rings. The van der Waals surface area contributed by atoms with Crippen LogP contribution in [0.5, 0.6) is 0 Å². The van der Waals surface area contributed by atoms with Crippen LogP contribution in [0.1, 0.15) is 0 Å². The first kappa shape index (κ1) is 12.2. The van der Waals surface area contributed by atoms with Gasteiger partial charge in [0.2, 0.25) is 0 Å². The van der Waals surface area contributed by atoms with Crippen molar-refractivity contribution in [3.63, 3.8) is 0 Å². The zero-order valence-electron chi connectivity index (χ0n) is 6.31. The quantitative estimate of drug-likeness (QED) is 0.466. The summed E-state index contributed by atoms with van der Waals surface area (Å²) in [4.78, 5) is 4.36. The SMILES string of the molecule is CN(C)CCN(C)C.[LiH]. The molecule has 0 aliphatic rings. The van der Waals surface area contributed by atoms with Gasteiger partial charge in [0.15, 0.2) is 0 Å². The Bertz CT molecular complexity index is 47.0. The predicted molar refractivity (Wildman–Crippen MR) is 44.3 cm³/mol. The molecule has 0 rings (SSSR count). The maximum absolute atomic E-state index is 2.18. The molecule has 0 atom stereocenters. The Kier molecular flexibility index (Phi) is 9.01. The van der Waals surface area contributed by atoms with Gasteiger partial charge >= 0.3 is 18.9 Å².